The molecular weight excluding hydrogens is 395 g/mol. The number of benzene rings is 1. The zero-order chi connectivity index (χ0) is 21.1. The van der Waals surface area contributed by atoms with Crippen LogP contribution in [0.1, 0.15) is 35.7 Å². The topological polar surface area (TPSA) is 68.1 Å². The van der Waals surface area contributed by atoms with E-state index < -0.39 is 6.17 Å². The SMILES string of the molecule is Cc1nc(N2CC3CC2CO3)cc(-n2ncc3cc(C)c(C4CCNCC4F)cc32)n1. The predicted octanol–water partition coefficient (Wildman–Crippen LogP) is 2.82. The van der Waals surface area contributed by atoms with E-state index in [0.29, 0.717) is 24.5 Å². The van der Waals surface area contributed by atoms with Crippen LogP contribution < -0.4 is 10.2 Å². The second-order valence-electron chi connectivity index (χ2n) is 9.07. The van der Waals surface area contributed by atoms with Crippen molar-refractivity contribution in [2.45, 2.75) is 50.9 Å². The summed E-state index contributed by atoms with van der Waals surface area (Å²) in [6.07, 6.45) is 3.16. The number of morpholine rings is 1. The minimum atomic E-state index is -0.873. The largest absolute Gasteiger partial charge is 0.374 e. The van der Waals surface area contributed by atoms with E-state index in [1.807, 2.05) is 23.9 Å². The van der Waals surface area contributed by atoms with Crippen LogP contribution in [0.15, 0.2) is 24.4 Å². The van der Waals surface area contributed by atoms with Crippen LogP contribution in [-0.2, 0) is 4.74 Å². The smallest absolute Gasteiger partial charge is 0.159 e. The first-order chi connectivity index (χ1) is 15.1. The third kappa shape index (κ3) is 3.20. The van der Waals surface area contributed by atoms with Crippen LogP contribution in [-0.4, -0.2) is 64.3 Å². The number of ether oxygens (including phenoxy) is 1. The molecule has 7 nitrogen and oxygen atoms in total. The van der Waals surface area contributed by atoms with Crippen molar-refractivity contribution in [3.63, 3.8) is 0 Å². The molecule has 0 amide bonds. The lowest BCUT2D eigenvalue weighted by Gasteiger charge is -2.28. The highest BCUT2D eigenvalue weighted by Crippen LogP contribution is 2.35. The third-order valence-corrected chi connectivity index (χ3v) is 6.99. The Morgan fingerprint density at radius 3 is 2.81 bits per heavy atom. The van der Waals surface area contributed by atoms with Crippen LogP contribution in [0.5, 0.6) is 0 Å². The van der Waals surface area contributed by atoms with E-state index in [1.165, 1.54) is 0 Å². The second-order valence-corrected chi connectivity index (χ2v) is 9.07. The van der Waals surface area contributed by atoms with Gasteiger partial charge in [0.05, 0.1) is 30.5 Å². The van der Waals surface area contributed by atoms with Gasteiger partial charge in [-0.25, -0.2) is 19.0 Å². The Balaban J connectivity index is 1.42. The molecule has 3 fully saturated rings. The number of hydrogen-bond donors (Lipinski definition) is 1. The molecule has 3 aliphatic rings. The van der Waals surface area contributed by atoms with Gasteiger partial charge in [0, 0.05) is 30.5 Å². The Hall–Kier alpha value is -2.58. The quantitative estimate of drug-likeness (QED) is 0.700. The van der Waals surface area contributed by atoms with Crippen molar-refractivity contribution in [1.29, 1.82) is 0 Å². The summed E-state index contributed by atoms with van der Waals surface area (Å²) in [6, 6.07) is 6.64. The molecule has 3 saturated heterocycles. The van der Waals surface area contributed by atoms with Crippen molar-refractivity contribution in [2.24, 2.45) is 0 Å². The van der Waals surface area contributed by atoms with Crippen molar-refractivity contribution in [3.8, 4) is 5.82 Å². The maximum absolute atomic E-state index is 14.7. The number of piperidine rings is 1. The van der Waals surface area contributed by atoms with Gasteiger partial charge in [-0.1, -0.05) is 0 Å². The van der Waals surface area contributed by atoms with Crippen molar-refractivity contribution in [1.82, 2.24) is 25.1 Å². The highest BCUT2D eigenvalue weighted by molar-refractivity contribution is 5.82. The summed E-state index contributed by atoms with van der Waals surface area (Å²) < 4.78 is 22.3. The van der Waals surface area contributed by atoms with Crippen molar-refractivity contribution >= 4 is 16.7 Å². The number of aryl methyl sites for hydroxylation is 2. The molecule has 8 heteroatoms. The fourth-order valence-electron chi connectivity index (χ4n) is 5.43. The van der Waals surface area contributed by atoms with E-state index in [4.69, 9.17) is 9.72 Å². The molecule has 5 heterocycles. The zero-order valence-electron chi connectivity index (χ0n) is 17.9. The highest BCUT2D eigenvalue weighted by Gasteiger charge is 2.40. The van der Waals surface area contributed by atoms with Gasteiger partial charge in [0.15, 0.2) is 5.82 Å². The predicted molar refractivity (Wildman–Crippen MR) is 117 cm³/mol. The zero-order valence-corrected chi connectivity index (χ0v) is 17.9. The standard InChI is InChI=1S/C23H27FN6O/c1-13-5-15-9-26-30(21(15)7-19(13)18-3-4-25-10-20(18)24)23-8-22(27-14(2)28-23)29-11-17-6-16(29)12-31-17/h5,7-9,16-18,20,25H,3-4,6,10-12H2,1-2H3. The summed E-state index contributed by atoms with van der Waals surface area (Å²) in [7, 11) is 0. The molecule has 31 heavy (non-hydrogen) atoms. The van der Waals surface area contributed by atoms with Gasteiger partial charge in [-0.15, -0.1) is 0 Å². The van der Waals surface area contributed by atoms with Gasteiger partial charge in [-0.2, -0.15) is 5.10 Å². The molecule has 1 N–H and O–H groups in total. The molecule has 3 aliphatic heterocycles. The van der Waals surface area contributed by atoms with Gasteiger partial charge in [0.1, 0.15) is 17.8 Å². The van der Waals surface area contributed by atoms with E-state index in [2.05, 4.69) is 39.4 Å². The molecule has 0 aliphatic carbocycles. The summed E-state index contributed by atoms with van der Waals surface area (Å²) >= 11 is 0. The Morgan fingerprint density at radius 2 is 2.03 bits per heavy atom. The molecular formula is C23H27FN6O. The average Bonchev–Trinajstić information content (AvgIpc) is 3.49. The fourth-order valence-corrected chi connectivity index (χ4v) is 5.43. The molecule has 162 valence electrons. The lowest BCUT2D eigenvalue weighted by molar-refractivity contribution is 0.0988. The number of fused-ring (bicyclic) bond motifs is 3. The van der Waals surface area contributed by atoms with Crippen LogP contribution in [0, 0.1) is 13.8 Å². The van der Waals surface area contributed by atoms with E-state index in [-0.39, 0.29) is 5.92 Å². The normalized spacial score (nSPS) is 28.0. The molecule has 4 unspecified atom stereocenters. The highest BCUT2D eigenvalue weighted by atomic mass is 19.1. The van der Waals surface area contributed by atoms with Crippen LogP contribution in [0.2, 0.25) is 0 Å². The van der Waals surface area contributed by atoms with E-state index in [9.17, 15) is 4.39 Å². The molecule has 3 aromatic rings. The molecule has 2 bridgehead atoms. The lowest BCUT2D eigenvalue weighted by atomic mass is 9.85. The number of aromatic nitrogens is 4. The first-order valence-corrected chi connectivity index (χ1v) is 11.1. The Morgan fingerprint density at radius 1 is 1.16 bits per heavy atom. The number of hydrogen-bond acceptors (Lipinski definition) is 6. The minimum Gasteiger partial charge on any atom is -0.374 e. The van der Waals surface area contributed by atoms with Crippen LogP contribution in [0.4, 0.5) is 10.2 Å². The van der Waals surface area contributed by atoms with E-state index >= 15 is 0 Å². The van der Waals surface area contributed by atoms with Gasteiger partial charge in [-0.3, -0.25) is 0 Å². The van der Waals surface area contributed by atoms with Gasteiger partial charge in [0.25, 0.3) is 0 Å². The van der Waals surface area contributed by atoms with Crippen molar-refractivity contribution < 1.29 is 9.13 Å². The molecule has 1 aromatic carbocycles. The first kappa shape index (κ1) is 19.1. The maximum atomic E-state index is 14.7. The summed E-state index contributed by atoms with van der Waals surface area (Å²) in [4.78, 5) is 11.7. The summed E-state index contributed by atoms with van der Waals surface area (Å²) in [5.41, 5.74) is 3.15. The van der Waals surface area contributed by atoms with Crippen LogP contribution in [0.3, 0.4) is 0 Å². The molecule has 6 rings (SSSR count). The van der Waals surface area contributed by atoms with Gasteiger partial charge in [-0.05, 0) is 56.5 Å². The minimum absolute atomic E-state index is 0.0863. The molecule has 0 saturated carbocycles. The number of anilines is 1. The lowest BCUT2D eigenvalue weighted by Crippen LogP contribution is -2.37. The Kier molecular flexibility index (Phi) is 4.47. The number of halogens is 1. The van der Waals surface area contributed by atoms with Gasteiger partial charge in [0.2, 0.25) is 0 Å². The van der Waals surface area contributed by atoms with E-state index in [0.717, 1.165) is 66.2 Å². The molecule has 4 atom stereocenters. The number of nitrogens with one attached hydrogen (secondary N) is 1. The van der Waals surface area contributed by atoms with E-state index in [1.54, 1.807) is 0 Å². The Bertz CT molecular complexity index is 1150. The molecule has 0 spiro atoms. The fraction of sp³-hybridized carbons (Fsp3) is 0.522. The number of nitrogens with zero attached hydrogens (tertiary/aromatic N) is 5. The van der Waals surface area contributed by atoms with Crippen molar-refractivity contribution in [2.75, 3.05) is 31.1 Å². The average molecular weight is 423 g/mol. The van der Waals surface area contributed by atoms with Gasteiger partial charge < -0.3 is 15.0 Å². The second kappa shape index (κ2) is 7.24. The van der Waals surface area contributed by atoms with Crippen LogP contribution >= 0.6 is 0 Å². The summed E-state index contributed by atoms with van der Waals surface area (Å²) in [5.74, 6) is 2.31. The third-order valence-electron chi connectivity index (χ3n) is 6.99. The van der Waals surface area contributed by atoms with Gasteiger partial charge >= 0.3 is 0 Å². The van der Waals surface area contributed by atoms with Crippen LogP contribution in [0.25, 0.3) is 16.7 Å². The molecule has 2 aromatic heterocycles. The monoisotopic (exact) mass is 422 g/mol. The Labute approximate surface area is 180 Å². The first-order valence-electron chi connectivity index (χ1n) is 11.1. The summed E-state index contributed by atoms with van der Waals surface area (Å²) in [6.45, 7) is 6.88. The summed E-state index contributed by atoms with van der Waals surface area (Å²) in [5, 5.41) is 8.84. The number of alkyl halides is 1. The molecule has 0 radical (unpaired) electrons. The number of rotatable bonds is 3. The maximum Gasteiger partial charge on any atom is 0.159 e. The van der Waals surface area contributed by atoms with Crippen molar-refractivity contribution in [3.05, 3.63) is 41.3 Å².